The summed E-state index contributed by atoms with van der Waals surface area (Å²) in [7, 11) is 0. The molecule has 1 saturated heterocycles. The quantitative estimate of drug-likeness (QED) is 0.400. The average molecular weight is 431 g/mol. The Labute approximate surface area is 177 Å². The molecule has 0 saturated carbocycles. The van der Waals surface area contributed by atoms with E-state index in [1.807, 2.05) is 26.0 Å². The van der Waals surface area contributed by atoms with Crippen molar-refractivity contribution < 1.29 is 14.0 Å². The summed E-state index contributed by atoms with van der Waals surface area (Å²) < 4.78 is 7.77. The minimum absolute atomic E-state index is 0.0370. The SMILES string of the molecule is Cc1cc(C(=O)CSc2nnc(CN3CCCC3=O)o2)c(C)n1Cc1cccs1. The monoisotopic (exact) mass is 430 g/mol. The van der Waals surface area contributed by atoms with E-state index in [4.69, 9.17) is 4.42 Å². The number of hydrogen-bond donors (Lipinski definition) is 0. The van der Waals surface area contributed by atoms with Gasteiger partial charge in [0, 0.05) is 34.8 Å². The Hall–Kier alpha value is -2.39. The van der Waals surface area contributed by atoms with Gasteiger partial charge in [0.2, 0.25) is 11.8 Å². The first kappa shape index (κ1) is 19.9. The van der Waals surface area contributed by atoms with Crippen LogP contribution in [0.5, 0.6) is 0 Å². The van der Waals surface area contributed by atoms with Crippen LogP contribution in [0.2, 0.25) is 0 Å². The summed E-state index contributed by atoms with van der Waals surface area (Å²) in [5.41, 5.74) is 2.77. The molecular weight excluding hydrogens is 408 g/mol. The van der Waals surface area contributed by atoms with E-state index in [1.54, 1.807) is 16.2 Å². The number of amides is 1. The minimum atomic E-state index is 0.0370. The Morgan fingerprint density at radius 2 is 2.17 bits per heavy atom. The number of ketones is 1. The number of likely N-dealkylation sites (tertiary alicyclic amines) is 1. The van der Waals surface area contributed by atoms with Crippen molar-refractivity contribution >= 4 is 34.8 Å². The first-order valence-electron chi connectivity index (χ1n) is 9.46. The second kappa shape index (κ2) is 8.54. The Kier molecular flexibility index (Phi) is 5.86. The van der Waals surface area contributed by atoms with E-state index in [9.17, 15) is 9.59 Å². The molecule has 4 heterocycles. The maximum atomic E-state index is 12.8. The van der Waals surface area contributed by atoms with E-state index < -0.39 is 0 Å². The molecule has 3 aromatic heterocycles. The molecule has 4 rings (SSSR count). The summed E-state index contributed by atoms with van der Waals surface area (Å²) in [5.74, 6) is 0.790. The number of aryl methyl sites for hydroxylation is 1. The normalized spacial score (nSPS) is 14.1. The molecule has 0 unspecified atom stereocenters. The molecule has 0 aliphatic carbocycles. The highest BCUT2D eigenvalue weighted by atomic mass is 32.2. The standard InChI is InChI=1S/C20H22N4O3S2/c1-13-9-16(14(2)24(13)10-15-5-4-8-28-15)17(25)12-29-20-22-21-18(27-20)11-23-7-3-6-19(23)26/h4-5,8-9H,3,6-7,10-12H2,1-2H3. The van der Waals surface area contributed by atoms with Gasteiger partial charge in [-0.25, -0.2) is 0 Å². The number of aromatic nitrogens is 3. The van der Waals surface area contributed by atoms with Crippen molar-refractivity contribution in [3.05, 3.63) is 51.3 Å². The van der Waals surface area contributed by atoms with Gasteiger partial charge in [0.1, 0.15) is 0 Å². The molecule has 1 aliphatic rings. The topological polar surface area (TPSA) is 81.2 Å². The fraction of sp³-hybridized carbons (Fsp3) is 0.400. The summed E-state index contributed by atoms with van der Waals surface area (Å²) in [5, 5.41) is 10.4. The van der Waals surface area contributed by atoms with Gasteiger partial charge in [-0.2, -0.15) is 0 Å². The largest absolute Gasteiger partial charge is 0.414 e. The van der Waals surface area contributed by atoms with Crippen LogP contribution in [0.3, 0.4) is 0 Å². The molecule has 0 bridgehead atoms. The molecule has 0 spiro atoms. The van der Waals surface area contributed by atoms with Gasteiger partial charge < -0.3 is 13.9 Å². The Morgan fingerprint density at radius 3 is 2.90 bits per heavy atom. The van der Waals surface area contributed by atoms with Gasteiger partial charge in [-0.05, 0) is 37.8 Å². The predicted octanol–water partition coefficient (Wildman–Crippen LogP) is 3.70. The first-order valence-corrected chi connectivity index (χ1v) is 11.3. The van der Waals surface area contributed by atoms with Crippen LogP contribution in [-0.4, -0.2) is 43.7 Å². The number of carbonyl (C=O) groups is 2. The van der Waals surface area contributed by atoms with E-state index >= 15 is 0 Å². The summed E-state index contributed by atoms with van der Waals surface area (Å²) in [6.45, 7) is 5.84. The Morgan fingerprint density at radius 1 is 1.31 bits per heavy atom. The molecule has 9 heteroatoms. The number of thioether (sulfide) groups is 1. The van der Waals surface area contributed by atoms with Crippen LogP contribution in [0.4, 0.5) is 0 Å². The smallest absolute Gasteiger partial charge is 0.277 e. The number of thiophene rings is 1. The second-order valence-corrected chi connectivity index (χ2v) is 9.00. The van der Waals surface area contributed by atoms with Crippen molar-refractivity contribution in [1.82, 2.24) is 19.7 Å². The Bertz CT molecular complexity index is 1020. The van der Waals surface area contributed by atoms with Gasteiger partial charge in [0.15, 0.2) is 5.78 Å². The molecule has 1 fully saturated rings. The third kappa shape index (κ3) is 4.45. The van der Waals surface area contributed by atoms with Crippen molar-refractivity contribution in [3.8, 4) is 0 Å². The lowest BCUT2D eigenvalue weighted by atomic mass is 10.2. The molecular formula is C20H22N4O3S2. The molecule has 0 aromatic carbocycles. The van der Waals surface area contributed by atoms with Gasteiger partial charge in [0.05, 0.1) is 18.8 Å². The minimum Gasteiger partial charge on any atom is -0.414 e. The van der Waals surface area contributed by atoms with Gasteiger partial charge >= 0.3 is 0 Å². The van der Waals surface area contributed by atoms with Crippen LogP contribution in [-0.2, 0) is 17.9 Å². The summed E-state index contributed by atoms with van der Waals surface area (Å²) in [6, 6.07) is 6.09. The van der Waals surface area contributed by atoms with Gasteiger partial charge in [0.25, 0.3) is 5.22 Å². The number of nitrogens with zero attached hydrogens (tertiary/aromatic N) is 4. The van der Waals surface area contributed by atoms with E-state index in [2.05, 4.69) is 26.2 Å². The number of hydrogen-bond acceptors (Lipinski definition) is 7. The van der Waals surface area contributed by atoms with Crippen LogP contribution in [0, 0.1) is 13.8 Å². The lowest BCUT2D eigenvalue weighted by Crippen LogP contribution is -2.23. The van der Waals surface area contributed by atoms with Gasteiger partial charge in [-0.15, -0.1) is 21.5 Å². The highest BCUT2D eigenvalue weighted by Gasteiger charge is 2.23. The van der Waals surface area contributed by atoms with Crippen molar-refractivity contribution in [2.45, 2.75) is 45.0 Å². The van der Waals surface area contributed by atoms with E-state index in [0.29, 0.717) is 24.1 Å². The molecule has 0 atom stereocenters. The molecule has 0 N–H and O–H groups in total. The third-order valence-electron chi connectivity index (χ3n) is 5.04. The summed E-state index contributed by atoms with van der Waals surface area (Å²) in [6.07, 6.45) is 1.45. The van der Waals surface area contributed by atoms with Crippen molar-refractivity contribution in [3.63, 3.8) is 0 Å². The fourth-order valence-corrected chi connectivity index (χ4v) is 4.84. The number of rotatable bonds is 8. The second-order valence-electron chi connectivity index (χ2n) is 7.04. The van der Waals surface area contributed by atoms with Crippen LogP contribution in [0.1, 0.15) is 45.4 Å². The third-order valence-corrected chi connectivity index (χ3v) is 6.72. The average Bonchev–Trinajstić information content (AvgIpc) is 3.48. The zero-order valence-corrected chi connectivity index (χ0v) is 18.0. The van der Waals surface area contributed by atoms with Crippen molar-refractivity contribution in [2.75, 3.05) is 12.3 Å². The van der Waals surface area contributed by atoms with Crippen molar-refractivity contribution in [2.24, 2.45) is 0 Å². The fourth-order valence-electron chi connectivity index (χ4n) is 3.49. The lowest BCUT2D eigenvalue weighted by Gasteiger charge is -2.11. The highest BCUT2D eigenvalue weighted by Crippen LogP contribution is 2.23. The number of Topliss-reactive ketones (excluding diaryl/α,β-unsaturated/α-hetero) is 1. The molecule has 29 heavy (non-hydrogen) atoms. The van der Waals surface area contributed by atoms with Gasteiger partial charge in [-0.1, -0.05) is 17.8 Å². The van der Waals surface area contributed by atoms with Gasteiger partial charge in [-0.3, -0.25) is 9.59 Å². The molecule has 0 radical (unpaired) electrons. The summed E-state index contributed by atoms with van der Waals surface area (Å²) in [4.78, 5) is 27.4. The zero-order valence-electron chi connectivity index (χ0n) is 16.4. The maximum Gasteiger partial charge on any atom is 0.277 e. The molecule has 3 aromatic rings. The first-order chi connectivity index (χ1) is 14.0. The predicted molar refractivity (Wildman–Crippen MR) is 111 cm³/mol. The lowest BCUT2D eigenvalue weighted by molar-refractivity contribution is -0.128. The summed E-state index contributed by atoms with van der Waals surface area (Å²) >= 11 is 2.94. The molecule has 1 amide bonds. The van der Waals surface area contributed by atoms with E-state index in [-0.39, 0.29) is 17.4 Å². The van der Waals surface area contributed by atoms with Crippen LogP contribution in [0.25, 0.3) is 0 Å². The molecule has 152 valence electrons. The Balaban J connectivity index is 1.37. The molecule has 1 aliphatic heterocycles. The van der Waals surface area contributed by atoms with E-state index in [1.165, 1.54) is 16.6 Å². The number of carbonyl (C=O) groups excluding carboxylic acids is 2. The van der Waals surface area contributed by atoms with Crippen molar-refractivity contribution in [1.29, 1.82) is 0 Å². The zero-order chi connectivity index (χ0) is 20.4. The maximum absolute atomic E-state index is 12.8. The van der Waals surface area contributed by atoms with Crippen LogP contribution < -0.4 is 0 Å². The highest BCUT2D eigenvalue weighted by molar-refractivity contribution is 7.99. The van der Waals surface area contributed by atoms with Crippen LogP contribution in [0.15, 0.2) is 33.2 Å². The molecule has 7 nitrogen and oxygen atoms in total. The van der Waals surface area contributed by atoms with E-state index in [0.717, 1.165) is 36.5 Å². The van der Waals surface area contributed by atoms with Crippen LogP contribution >= 0.6 is 23.1 Å².